The van der Waals surface area contributed by atoms with Crippen LogP contribution in [0.5, 0.6) is 5.75 Å². The van der Waals surface area contributed by atoms with Gasteiger partial charge in [0.2, 0.25) is 0 Å². The number of hydrogen-bond acceptors (Lipinski definition) is 2. The van der Waals surface area contributed by atoms with E-state index in [2.05, 4.69) is 54.2 Å². The third kappa shape index (κ3) is 2.66. The molecule has 0 aliphatic carbocycles. The Balaban J connectivity index is 2.32. The summed E-state index contributed by atoms with van der Waals surface area (Å²) in [6.07, 6.45) is 1.15. The van der Waals surface area contributed by atoms with Crippen LogP contribution in [0.4, 0.5) is 0 Å². The lowest BCUT2D eigenvalue weighted by atomic mass is 9.97. The molecular weight excluding hydrogens is 278 g/mol. The summed E-state index contributed by atoms with van der Waals surface area (Å²) < 4.78 is 7.02. The zero-order chi connectivity index (χ0) is 12.4. The van der Waals surface area contributed by atoms with Gasteiger partial charge in [0.25, 0.3) is 0 Å². The molecule has 17 heavy (non-hydrogen) atoms. The van der Waals surface area contributed by atoms with E-state index in [4.69, 9.17) is 4.74 Å². The highest BCUT2D eigenvalue weighted by Crippen LogP contribution is 2.40. The first-order chi connectivity index (χ1) is 8.13. The molecule has 2 rings (SSSR count). The van der Waals surface area contributed by atoms with Crippen LogP contribution < -0.4 is 10.1 Å². The summed E-state index contributed by atoms with van der Waals surface area (Å²) in [6, 6.07) is 4.70. The molecule has 3 heteroatoms. The fraction of sp³-hybridized carbons (Fsp3) is 0.571. The van der Waals surface area contributed by atoms with Crippen LogP contribution in [0.2, 0.25) is 0 Å². The number of nitrogens with one attached hydrogen (secondary N) is 1. The highest BCUT2D eigenvalue weighted by molar-refractivity contribution is 9.10. The van der Waals surface area contributed by atoms with Gasteiger partial charge in [-0.25, -0.2) is 0 Å². The molecule has 0 saturated carbocycles. The summed E-state index contributed by atoms with van der Waals surface area (Å²) in [4.78, 5) is 0. The van der Waals surface area contributed by atoms with Crippen LogP contribution in [0.15, 0.2) is 16.6 Å². The SMILES string of the molecule is CCCNC1COc2c(C(C)C)cc(Br)cc21. The Hall–Kier alpha value is -0.540. The molecule has 0 bridgehead atoms. The smallest absolute Gasteiger partial charge is 0.127 e. The molecule has 1 atom stereocenters. The van der Waals surface area contributed by atoms with Crippen molar-refractivity contribution in [2.24, 2.45) is 0 Å². The molecule has 94 valence electrons. The van der Waals surface area contributed by atoms with Crippen LogP contribution in [0.1, 0.15) is 50.3 Å². The van der Waals surface area contributed by atoms with Gasteiger partial charge in [0.1, 0.15) is 12.4 Å². The normalized spacial score (nSPS) is 18.3. The quantitative estimate of drug-likeness (QED) is 0.907. The van der Waals surface area contributed by atoms with Crippen molar-refractivity contribution in [2.45, 2.75) is 39.2 Å². The van der Waals surface area contributed by atoms with Crippen molar-refractivity contribution in [1.82, 2.24) is 5.32 Å². The number of rotatable bonds is 4. The maximum Gasteiger partial charge on any atom is 0.127 e. The van der Waals surface area contributed by atoms with Gasteiger partial charge in [-0.05, 0) is 36.6 Å². The average Bonchev–Trinajstić information content (AvgIpc) is 2.68. The molecular formula is C14H20BrNO. The van der Waals surface area contributed by atoms with Crippen LogP contribution in [0.3, 0.4) is 0 Å². The number of ether oxygens (including phenoxy) is 1. The van der Waals surface area contributed by atoms with Gasteiger partial charge in [0.05, 0.1) is 6.04 Å². The summed E-state index contributed by atoms with van der Waals surface area (Å²) in [5.74, 6) is 1.59. The zero-order valence-electron chi connectivity index (χ0n) is 10.7. The molecule has 0 amide bonds. The maximum absolute atomic E-state index is 5.87. The lowest BCUT2D eigenvalue weighted by Crippen LogP contribution is -2.23. The first kappa shape index (κ1) is 12.9. The summed E-state index contributed by atoms with van der Waals surface area (Å²) in [6.45, 7) is 8.39. The van der Waals surface area contributed by atoms with Crippen LogP contribution >= 0.6 is 15.9 Å². The summed E-state index contributed by atoms with van der Waals surface area (Å²) >= 11 is 3.60. The van der Waals surface area contributed by atoms with Crippen LogP contribution in [-0.2, 0) is 0 Å². The second-order valence-corrected chi connectivity index (χ2v) is 5.80. The zero-order valence-corrected chi connectivity index (χ0v) is 12.3. The van der Waals surface area contributed by atoms with Crippen molar-refractivity contribution in [3.63, 3.8) is 0 Å². The van der Waals surface area contributed by atoms with Crippen molar-refractivity contribution in [3.05, 3.63) is 27.7 Å². The average molecular weight is 298 g/mol. The molecule has 1 heterocycles. The summed E-state index contributed by atoms with van der Waals surface area (Å²) in [7, 11) is 0. The van der Waals surface area contributed by atoms with E-state index in [9.17, 15) is 0 Å². The third-order valence-corrected chi connectivity index (χ3v) is 3.60. The molecule has 0 saturated heterocycles. The van der Waals surface area contributed by atoms with Crippen molar-refractivity contribution < 1.29 is 4.74 Å². The molecule has 0 aromatic heterocycles. The van der Waals surface area contributed by atoms with Gasteiger partial charge in [-0.15, -0.1) is 0 Å². The summed E-state index contributed by atoms with van der Waals surface area (Å²) in [5.41, 5.74) is 2.60. The Morgan fingerprint density at radius 3 is 2.88 bits per heavy atom. The van der Waals surface area contributed by atoms with Crippen molar-refractivity contribution in [2.75, 3.05) is 13.2 Å². The maximum atomic E-state index is 5.87. The molecule has 0 fully saturated rings. The van der Waals surface area contributed by atoms with Crippen LogP contribution in [-0.4, -0.2) is 13.2 Å². The van der Waals surface area contributed by atoms with Gasteiger partial charge >= 0.3 is 0 Å². The van der Waals surface area contributed by atoms with Crippen LogP contribution in [0, 0.1) is 0 Å². The van der Waals surface area contributed by atoms with Gasteiger partial charge in [-0.3, -0.25) is 0 Å². The number of halogens is 1. The molecule has 0 radical (unpaired) electrons. The largest absolute Gasteiger partial charge is 0.491 e. The Kier molecular flexibility index (Phi) is 4.10. The molecule has 0 spiro atoms. The molecule has 2 nitrogen and oxygen atoms in total. The fourth-order valence-electron chi connectivity index (χ4n) is 2.23. The Morgan fingerprint density at radius 2 is 2.24 bits per heavy atom. The number of benzene rings is 1. The van der Waals surface area contributed by atoms with E-state index in [1.807, 2.05) is 0 Å². The van der Waals surface area contributed by atoms with Gasteiger partial charge in [0.15, 0.2) is 0 Å². The molecule has 1 aromatic carbocycles. The predicted octanol–water partition coefficient (Wildman–Crippen LogP) is 4.01. The molecule has 1 aliphatic rings. The standard InChI is InChI=1S/C14H20BrNO/c1-4-5-16-13-8-17-14-11(9(2)3)6-10(15)7-12(13)14/h6-7,9,13,16H,4-5,8H2,1-3H3. The van der Waals surface area contributed by atoms with E-state index in [-0.39, 0.29) is 0 Å². The second-order valence-electron chi connectivity index (χ2n) is 4.89. The molecule has 1 N–H and O–H groups in total. The number of fused-ring (bicyclic) bond motifs is 1. The molecule has 1 aliphatic heterocycles. The van der Waals surface area contributed by atoms with Gasteiger partial charge in [-0.1, -0.05) is 36.7 Å². The molecule has 1 aromatic rings. The Bertz CT molecular complexity index is 403. The van der Waals surface area contributed by atoms with Gasteiger partial charge < -0.3 is 10.1 Å². The fourth-order valence-corrected chi connectivity index (χ4v) is 2.73. The van der Waals surface area contributed by atoms with Crippen molar-refractivity contribution in [3.8, 4) is 5.75 Å². The highest BCUT2D eigenvalue weighted by Gasteiger charge is 2.27. The van der Waals surface area contributed by atoms with E-state index >= 15 is 0 Å². The second kappa shape index (κ2) is 5.40. The Morgan fingerprint density at radius 1 is 1.47 bits per heavy atom. The van der Waals surface area contributed by atoms with Crippen molar-refractivity contribution >= 4 is 15.9 Å². The third-order valence-electron chi connectivity index (χ3n) is 3.14. The summed E-state index contributed by atoms with van der Waals surface area (Å²) in [5, 5.41) is 3.53. The lowest BCUT2D eigenvalue weighted by Gasteiger charge is -2.13. The minimum absolute atomic E-state index is 0.347. The minimum Gasteiger partial charge on any atom is -0.491 e. The van der Waals surface area contributed by atoms with Gasteiger partial charge in [-0.2, -0.15) is 0 Å². The van der Waals surface area contributed by atoms with Crippen molar-refractivity contribution in [1.29, 1.82) is 0 Å². The molecule has 1 unspecified atom stereocenters. The van der Waals surface area contributed by atoms with E-state index in [0.29, 0.717) is 12.0 Å². The highest BCUT2D eigenvalue weighted by atomic mass is 79.9. The topological polar surface area (TPSA) is 21.3 Å². The Labute approximate surface area is 112 Å². The number of hydrogen-bond donors (Lipinski definition) is 1. The van der Waals surface area contributed by atoms with Crippen LogP contribution in [0.25, 0.3) is 0 Å². The monoisotopic (exact) mass is 297 g/mol. The van der Waals surface area contributed by atoms with Gasteiger partial charge in [0, 0.05) is 10.0 Å². The first-order valence-corrected chi connectivity index (χ1v) is 7.12. The minimum atomic E-state index is 0.347. The van der Waals surface area contributed by atoms with E-state index < -0.39 is 0 Å². The van der Waals surface area contributed by atoms with E-state index in [1.54, 1.807) is 0 Å². The van der Waals surface area contributed by atoms with E-state index in [1.165, 1.54) is 11.1 Å². The lowest BCUT2D eigenvalue weighted by molar-refractivity contribution is 0.308. The predicted molar refractivity (Wildman–Crippen MR) is 74.8 cm³/mol. The first-order valence-electron chi connectivity index (χ1n) is 6.33. The van der Waals surface area contributed by atoms with E-state index in [0.717, 1.165) is 29.8 Å².